The number of nitrogens with one attached hydrogen (secondary N) is 2. The van der Waals surface area contributed by atoms with Gasteiger partial charge in [-0.1, -0.05) is 6.07 Å². The van der Waals surface area contributed by atoms with Crippen molar-refractivity contribution in [3.63, 3.8) is 0 Å². The van der Waals surface area contributed by atoms with Gasteiger partial charge in [0.05, 0.1) is 10.4 Å². The lowest BCUT2D eigenvalue weighted by Crippen LogP contribution is -2.08. The van der Waals surface area contributed by atoms with Crippen LogP contribution < -0.4 is 10.6 Å². The summed E-state index contributed by atoms with van der Waals surface area (Å²) in [5, 5.41) is 7.25. The molecule has 3 aromatic rings. The number of fused-ring (bicyclic) bond motifs is 1. The molecule has 0 aliphatic heterocycles. The van der Waals surface area contributed by atoms with Gasteiger partial charge in [-0.25, -0.2) is 23.4 Å². The minimum atomic E-state index is -3.27. The minimum Gasteiger partial charge on any atom is -0.370 e. The Bertz CT molecular complexity index is 977. The van der Waals surface area contributed by atoms with Crippen LogP contribution >= 0.6 is 0 Å². The summed E-state index contributed by atoms with van der Waals surface area (Å²) < 4.78 is 23.5. The Morgan fingerprint density at radius 1 is 0.962 bits per heavy atom. The zero-order chi connectivity index (χ0) is 18.4. The molecule has 2 aromatic heterocycles. The molecule has 2 heterocycles. The summed E-state index contributed by atoms with van der Waals surface area (Å²) in [6.45, 7) is 1.57. The van der Waals surface area contributed by atoms with Crippen molar-refractivity contribution in [3.8, 4) is 0 Å². The average Bonchev–Trinajstić information content (AvgIpc) is 2.64. The number of hydrogen-bond acceptors (Lipinski definition) is 7. The van der Waals surface area contributed by atoms with Gasteiger partial charge in [0.25, 0.3) is 0 Å². The second-order valence-electron chi connectivity index (χ2n) is 5.95. The Balaban J connectivity index is 1.57. The maximum absolute atomic E-state index is 11.8. The Kier molecular flexibility index (Phi) is 5.62. The van der Waals surface area contributed by atoms with Crippen LogP contribution in [0.2, 0.25) is 0 Å². The Hall–Kier alpha value is -2.74. The van der Waals surface area contributed by atoms with Gasteiger partial charge in [0.15, 0.2) is 9.84 Å². The van der Waals surface area contributed by atoms with Crippen molar-refractivity contribution < 1.29 is 8.42 Å². The van der Waals surface area contributed by atoms with Gasteiger partial charge in [0.2, 0.25) is 0 Å². The van der Waals surface area contributed by atoms with Gasteiger partial charge in [0.1, 0.15) is 18.0 Å². The maximum atomic E-state index is 11.8. The normalized spacial score (nSPS) is 11.4. The summed E-state index contributed by atoms with van der Waals surface area (Å²) in [6.07, 6.45) is 6.35. The van der Waals surface area contributed by atoms with E-state index in [0.717, 1.165) is 31.7 Å². The van der Waals surface area contributed by atoms with E-state index in [9.17, 15) is 8.42 Å². The molecule has 1 aromatic carbocycles. The first kappa shape index (κ1) is 18.1. The highest BCUT2D eigenvalue weighted by Crippen LogP contribution is 2.22. The fraction of sp³-hybridized carbons (Fsp3) is 0.278. The molecular formula is C18H21N5O2S. The second-order valence-corrected chi connectivity index (χ2v) is 7.96. The monoisotopic (exact) mass is 371 g/mol. The second kappa shape index (κ2) is 8.09. The molecule has 0 saturated carbocycles. The van der Waals surface area contributed by atoms with Crippen LogP contribution in [0.1, 0.15) is 12.8 Å². The number of pyridine rings is 1. The third-order valence-electron chi connectivity index (χ3n) is 3.90. The number of unbranched alkanes of at least 4 members (excludes halogenated alkanes) is 1. The fourth-order valence-corrected chi connectivity index (χ4v) is 3.19. The van der Waals surface area contributed by atoms with E-state index < -0.39 is 9.84 Å². The molecule has 2 N–H and O–H groups in total. The van der Waals surface area contributed by atoms with E-state index in [0.29, 0.717) is 16.7 Å². The fourth-order valence-electron chi connectivity index (χ4n) is 2.55. The van der Waals surface area contributed by atoms with Crippen LogP contribution in [0.5, 0.6) is 0 Å². The van der Waals surface area contributed by atoms with Crippen LogP contribution in [0, 0.1) is 0 Å². The summed E-state index contributed by atoms with van der Waals surface area (Å²) in [5.41, 5.74) is 0.715. The highest BCUT2D eigenvalue weighted by Gasteiger charge is 2.10. The third kappa shape index (κ3) is 4.66. The number of hydrogen-bond donors (Lipinski definition) is 2. The highest BCUT2D eigenvalue weighted by molar-refractivity contribution is 7.90. The molecule has 0 unspecified atom stereocenters. The van der Waals surface area contributed by atoms with Crippen LogP contribution in [0.25, 0.3) is 10.9 Å². The molecule has 0 saturated heterocycles. The summed E-state index contributed by atoms with van der Waals surface area (Å²) in [5.74, 6) is 1.52. The van der Waals surface area contributed by atoms with Crippen molar-refractivity contribution in [2.45, 2.75) is 17.7 Å². The first-order valence-corrected chi connectivity index (χ1v) is 10.3. The van der Waals surface area contributed by atoms with Gasteiger partial charge in [-0.3, -0.25) is 0 Å². The lowest BCUT2D eigenvalue weighted by molar-refractivity contribution is 0.602. The molecule has 26 heavy (non-hydrogen) atoms. The van der Waals surface area contributed by atoms with Gasteiger partial charge < -0.3 is 10.6 Å². The quantitative estimate of drug-likeness (QED) is 0.588. The third-order valence-corrected chi connectivity index (χ3v) is 5.01. The van der Waals surface area contributed by atoms with E-state index in [1.54, 1.807) is 24.4 Å². The van der Waals surface area contributed by atoms with E-state index in [4.69, 9.17) is 0 Å². The van der Waals surface area contributed by atoms with Gasteiger partial charge in [-0.05, 0) is 43.2 Å². The smallest absolute Gasteiger partial charge is 0.175 e. The van der Waals surface area contributed by atoms with Crippen molar-refractivity contribution in [3.05, 3.63) is 48.9 Å². The summed E-state index contributed by atoms with van der Waals surface area (Å²) in [4.78, 5) is 12.9. The van der Waals surface area contributed by atoms with Gasteiger partial charge >= 0.3 is 0 Å². The number of aromatic nitrogens is 3. The van der Waals surface area contributed by atoms with E-state index in [-0.39, 0.29) is 4.90 Å². The van der Waals surface area contributed by atoms with Gasteiger partial charge in [-0.2, -0.15) is 0 Å². The minimum absolute atomic E-state index is 0.266. The zero-order valence-corrected chi connectivity index (χ0v) is 15.3. The number of nitrogens with zero attached hydrogens (tertiary/aromatic N) is 3. The first-order chi connectivity index (χ1) is 12.5. The molecule has 0 aliphatic rings. The molecule has 7 nitrogen and oxygen atoms in total. The molecule has 0 atom stereocenters. The van der Waals surface area contributed by atoms with Crippen LogP contribution in [0.4, 0.5) is 11.6 Å². The van der Waals surface area contributed by atoms with Crippen molar-refractivity contribution >= 4 is 32.4 Å². The predicted octanol–water partition coefficient (Wildman–Crippen LogP) is 2.73. The average molecular weight is 371 g/mol. The van der Waals surface area contributed by atoms with Crippen molar-refractivity contribution in [2.75, 3.05) is 30.0 Å². The standard InChI is InChI=1S/C18H21N5O2S/c1-26(24,25)14-7-8-16-15(12-14)18(23-13-22-16)21-11-5-4-10-20-17-6-2-3-9-19-17/h2-3,6-9,12-13H,4-5,10-11H2,1H3,(H,19,20)(H,21,22,23). The number of anilines is 2. The molecule has 0 fully saturated rings. The van der Waals surface area contributed by atoms with Gasteiger partial charge in [0, 0.05) is 30.9 Å². The number of sulfone groups is 1. The molecule has 0 radical (unpaired) electrons. The van der Waals surface area contributed by atoms with Crippen LogP contribution in [-0.4, -0.2) is 42.7 Å². The molecular weight excluding hydrogens is 350 g/mol. The Morgan fingerprint density at radius 3 is 2.50 bits per heavy atom. The molecule has 0 spiro atoms. The number of rotatable bonds is 8. The topological polar surface area (TPSA) is 96.9 Å². The zero-order valence-electron chi connectivity index (χ0n) is 14.5. The predicted molar refractivity (Wildman–Crippen MR) is 103 cm³/mol. The molecule has 0 amide bonds. The van der Waals surface area contributed by atoms with E-state index >= 15 is 0 Å². The van der Waals surface area contributed by atoms with Crippen molar-refractivity contribution in [2.24, 2.45) is 0 Å². The Morgan fingerprint density at radius 2 is 1.77 bits per heavy atom. The van der Waals surface area contributed by atoms with E-state index in [1.807, 2.05) is 18.2 Å². The van der Waals surface area contributed by atoms with E-state index in [2.05, 4.69) is 25.6 Å². The summed E-state index contributed by atoms with van der Waals surface area (Å²) >= 11 is 0. The number of benzene rings is 1. The summed E-state index contributed by atoms with van der Waals surface area (Å²) in [7, 11) is -3.27. The first-order valence-electron chi connectivity index (χ1n) is 8.37. The molecule has 0 aliphatic carbocycles. The maximum Gasteiger partial charge on any atom is 0.175 e. The Labute approximate surface area is 152 Å². The van der Waals surface area contributed by atoms with Crippen LogP contribution in [0.3, 0.4) is 0 Å². The molecule has 8 heteroatoms. The van der Waals surface area contributed by atoms with Crippen LogP contribution in [-0.2, 0) is 9.84 Å². The van der Waals surface area contributed by atoms with E-state index in [1.165, 1.54) is 12.6 Å². The molecule has 0 bridgehead atoms. The van der Waals surface area contributed by atoms with Crippen molar-refractivity contribution in [1.82, 2.24) is 15.0 Å². The largest absolute Gasteiger partial charge is 0.370 e. The lowest BCUT2D eigenvalue weighted by atomic mass is 10.2. The molecule has 136 valence electrons. The lowest BCUT2D eigenvalue weighted by Gasteiger charge is -2.09. The highest BCUT2D eigenvalue weighted by atomic mass is 32.2. The molecule has 3 rings (SSSR count). The van der Waals surface area contributed by atoms with Crippen LogP contribution in [0.15, 0.2) is 53.8 Å². The van der Waals surface area contributed by atoms with Gasteiger partial charge in [-0.15, -0.1) is 0 Å². The van der Waals surface area contributed by atoms with Crippen molar-refractivity contribution in [1.29, 1.82) is 0 Å². The SMILES string of the molecule is CS(=O)(=O)c1ccc2ncnc(NCCCCNc3ccccn3)c2c1. The summed E-state index contributed by atoms with van der Waals surface area (Å²) in [6, 6.07) is 10.7.